The van der Waals surface area contributed by atoms with Gasteiger partial charge in [-0.15, -0.1) is 0 Å². The molecular weight excluding hydrogens is 244 g/mol. The Kier molecular flexibility index (Phi) is 3.83. The molecule has 0 amide bonds. The van der Waals surface area contributed by atoms with E-state index in [0.717, 1.165) is 18.3 Å². The second-order valence-electron chi connectivity index (χ2n) is 5.78. The molecule has 1 aliphatic rings. The average Bonchev–Trinajstić information content (AvgIpc) is 3.28. The smallest absolute Gasteiger partial charge is 0.0448 e. The summed E-state index contributed by atoms with van der Waals surface area (Å²) in [5.74, 6) is 1.46. The molecule has 1 fully saturated rings. The summed E-state index contributed by atoms with van der Waals surface area (Å²) < 4.78 is 0. The van der Waals surface area contributed by atoms with Crippen molar-refractivity contribution in [1.29, 1.82) is 0 Å². The molecule has 0 spiro atoms. The van der Waals surface area contributed by atoms with Gasteiger partial charge in [-0.3, -0.25) is 4.98 Å². The fourth-order valence-electron chi connectivity index (χ4n) is 3.15. The molecule has 2 nitrogen and oxygen atoms in total. The number of nitrogens with zero attached hydrogens (tertiary/aromatic N) is 1. The van der Waals surface area contributed by atoms with Crippen LogP contribution in [-0.4, -0.2) is 18.1 Å². The molecule has 1 N–H and O–H groups in total. The number of hydrogen-bond donors (Lipinski definition) is 1. The lowest BCUT2D eigenvalue weighted by Gasteiger charge is -2.17. The number of aromatic nitrogens is 1. The molecule has 1 aromatic carbocycles. The van der Waals surface area contributed by atoms with Crippen molar-refractivity contribution in [2.45, 2.75) is 31.7 Å². The number of hydrogen-bond acceptors (Lipinski definition) is 2. The molecule has 1 aliphatic carbocycles. The van der Waals surface area contributed by atoms with Crippen LogP contribution in [0.4, 0.5) is 0 Å². The van der Waals surface area contributed by atoms with Crippen molar-refractivity contribution in [2.24, 2.45) is 5.92 Å². The third-order valence-electron chi connectivity index (χ3n) is 4.49. The molecule has 3 rings (SSSR count). The van der Waals surface area contributed by atoms with Gasteiger partial charge in [0, 0.05) is 24.4 Å². The minimum Gasteiger partial charge on any atom is -0.316 e. The molecule has 3 atom stereocenters. The normalized spacial score (nSPS) is 22.5. The minimum atomic E-state index is 0.522. The highest BCUT2D eigenvalue weighted by molar-refractivity contribution is 5.28. The van der Waals surface area contributed by atoms with E-state index in [4.69, 9.17) is 0 Å². The summed E-state index contributed by atoms with van der Waals surface area (Å²) in [5.41, 5.74) is 4.01. The van der Waals surface area contributed by atoms with Crippen LogP contribution in [0, 0.1) is 12.8 Å². The quantitative estimate of drug-likeness (QED) is 0.898. The minimum absolute atomic E-state index is 0.522. The number of aryl methyl sites for hydroxylation is 1. The van der Waals surface area contributed by atoms with Crippen LogP contribution in [0.2, 0.25) is 0 Å². The molecule has 104 valence electrons. The molecule has 0 saturated heterocycles. The zero-order valence-electron chi connectivity index (χ0n) is 12.2. The van der Waals surface area contributed by atoms with Crippen LogP contribution < -0.4 is 5.32 Å². The first-order valence-corrected chi connectivity index (χ1v) is 7.42. The standard InChI is InChI=1S/C18H22N2/c1-13-7-6-10-20-17(13)12-18(19-2)16-11-15(16)14-8-4-3-5-9-14/h3-10,15-16,18-19H,11-12H2,1-2H3. The van der Waals surface area contributed by atoms with Crippen LogP contribution in [0.25, 0.3) is 0 Å². The van der Waals surface area contributed by atoms with E-state index in [2.05, 4.69) is 60.7 Å². The molecule has 20 heavy (non-hydrogen) atoms. The van der Waals surface area contributed by atoms with Gasteiger partial charge in [0.25, 0.3) is 0 Å². The Labute approximate surface area is 121 Å². The van der Waals surface area contributed by atoms with E-state index in [1.165, 1.54) is 23.2 Å². The Morgan fingerprint density at radius 1 is 1.20 bits per heavy atom. The topological polar surface area (TPSA) is 24.9 Å². The van der Waals surface area contributed by atoms with Crippen molar-refractivity contribution in [3.63, 3.8) is 0 Å². The summed E-state index contributed by atoms with van der Waals surface area (Å²) in [5, 5.41) is 3.50. The molecule has 0 aliphatic heterocycles. The van der Waals surface area contributed by atoms with Gasteiger partial charge in [0.15, 0.2) is 0 Å². The van der Waals surface area contributed by atoms with Gasteiger partial charge in [0.05, 0.1) is 0 Å². The lowest BCUT2D eigenvalue weighted by Crippen LogP contribution is -2.31. The first-order chi connectivity index (χ1) is 9.79. The van der Waals surface area contributed by atoms with Crippen molar-refractivity contribution >= 4 is 0 Å². The highest BCUT2D eigenvalue weighted by Crippen LogP contribution is 2.49. The Morgan fingerprint density at radius 3 is 2.70 bits per heavy atom. The summed E-state index contributed by atoms with van der Waals surface area (Å²) in [6.07, 6.45) is 4.22. The fraction of sp³-hybridized carbons (Fsp3) is 0.389. The highest BCUT2D eigenvalue weighted by atomic mass is 14.9. The first-order valence-electron chi connectivity index (χ1n) is 7.42. The second-order valence-corrected chi connectivity index (χ2v) is 5.78. The molecule has 2 aromatic rings. The summed E-state index contributed by atoms with van der Waals surface area (Å²) in [6, 6.07) is 15.6. The number of pyridine rings is 1. The molecule has 2 heteroatoms. The number of nitrogens with one attached hydrogen (secondary N) is 1. The van der Waals surface area contributed by atoms with E-state index >= 15 is 0 Å². The summed E-state index contributed by atoms with van der Waals surface area (Å²) in [4.78, 5) is 4.53. The monoisotopic (exact) mass is 266 g/mol. The Balaban J connectivity index is 1.69. The van der Waals surface area contributed by atoms with Gasteiger partial charge in [0.2, 0.25) is 0 Å². The third-order valence-corrected chi connectivity index (χ3v) is 4.49. The third kappa shape index (κ3) is 2.75. The summed E-state index contributed by atoms with van der Waals surface area (Å²) >= 11 is 0. The zero-order valence-corrected chi connectivity index (χ0v) is 12.2. The maximum Gasteiger partial charge on any atom is 0.0448 e. The largest absolute Gasteiger partial charge is 0.316 e. The van der Waals surface area contributed by atoms with Gasteiger partial charge in [-0.05, 0) is 49.4 Å². The number of benzene rings is 1. The molecule has 1 aromatic heterocycles. The van der Waals surface area contributed by atoms with Crippen LogP contribution >= 0.6 is 0 Å². The van der Waals surface area contributed by atoms with Crippen molar-refractivity contribution in [3.8, 4) is 0 Å². The van der Waals surface area contributed by atoms with E-state index in [1.807, 2.05) is 12.3 Å². The van der Waals surface area contributed by atoms with Crippen molar-refractivity contribution in [1.82, 2.24) is 10.3 Å². The molecule has 1 heterocycles. The van der Waals surface area contributed by atoms with Gasteiger partial charge in [-0.2, -0.15) is 0 Å². The van der Waals surface area contributed by atoms with Gasteiger partial charge in [-0.1, -0.05) is 36.4 Å². The van der Waals surface area contributed by atoms with Crippen molar-refractivity contribution in [2.75, 3.05) is 7.05 Å². The van der Waals surface area contributed by atoms with E-state index in [0.29, 0.717) is 6.04 Å². The second kappa shape index (κ2) is 5.76. The van der Waals surface area contributed by atoms with Crippen molar-refractivity contribution < 1.29 is 0 Å². The Bertz CT molecular complexity index is 565. The van der Waals surface area contributed by atoms with Gasteiger partial charge in [0.1, 0.15) is 0 Å². The number of rotatable bonds is 5. The lowest BCUT2D eigenvalue weighted by atomic mass is 10.00. The molecule has 0 bridgehead atoms. The Morgan fingerprint density at radius 2 is 2.00 bits per heavy atom. The van der Waals surface area contributed by atoms with E-state index in [-0.39, 0.29) is 0 Å². The predicted molar refractivity (Wildman–Crippen MR) is 82.8 cm³/mol. The van der Waals surface area contributed by atoms with Crippen molar-refractivity contribution in [3.05, 3.63) is 65.5 Å². The van der Waals surface area contributed by atoms with Gasteiger partial charge < -0.3 is 5.32 Å². The zero-order chi connectivity index (χ0) is 13.9. The van der Waals surface area contributed by atoms with E-state index in [9.17, 15) is 0 Å². The Hall–Kier alpha value is -1.67. The van der Waals surface area contributed by atoms with Crippen LogP contribution in [0.1, 0.15) is 29.2 Å². The van der Waals surface area contributed by atoms with Crippen LogP contribution in [0.5, 0.6) is 0 Å². The number of likely N-dealkylation sites (N-methyl/N-ethyl adjacent to an activating group) is 1. The maximum absolute atomic E-state index is 4.53. The predicted octanol–water partition coefficient (Wildman–Crippen LogP) is 3.32. The molecule has 1 saturated carbocycles. The maximum atomic E-state index is 4.53. The van der Waals surface area contributed by atoms with E-state index < -0.39 is 0 Å². The molecular formula is C18H22N2. The van der Waals surface area contributed by atoms with Gasteiger partial charge in [-0.25, -0.2) is 0 Å². The fourth-order valence-corrected chi connectivity index (χ4v) is 3.15. The molecule has 0 radical (unpaired) electrons. The first kappa shape index (κ1) is 13.3. The van der Waals surface area contributed by atoms with Crippen LogP contribution in [0.15, 0.2) is 48.7 Å². The SMILES string of the molecule is CNC(Cc1ncccc1C)C1CC1c1ccccc1. The summed E-state index contributed by atoms with van der Waals surface area (Å²) in [7, 11) is 2.07. The highest BCUT2D eigenvalue weighted by Gasteiger charge is 2.43. The molecule has 3 unspecified atom stereocenters. The van der Waals surface area contributed by atoms with E-state index in [1.54, 1.807) is 0 Å². The lowest BCUT2D eigenvalue weighted by molar-refractivity contribution is 0.485. The summed E-state index contributed by atoms with van der Waals surface area (Å²) in [6.45, 7) is 2.15. The average molecular weight is 266 g/mol. The van der Waals surface area contributed by atoms with Crippen LogP contribution in [0.3, 0.4) is 0 Å². The van der Waals surface area contributed by atoms with Gasteiger partial charge >= 0.3 is 0 Å². The van der Waals surface area contributed by atoms with Crippen LogP contribution in [-0.2, 0) is 6.42 Å².